The molecular formula is C19H26N4O. The second-order valence-electron chi connectivity index (χ2n) is 6.76. The van der Waals surface area contributed by atoms with E-state index in [1.165, 1.54) is 19.3 Å². The predicted octanol–water partition coefficient (Wildman–Crippen LogP) is 4.19. The molecule has 0 bridgehead atoms. The molecule has 2 atom stereocenters. The Hall–Kier alpha value is -2.30. The fourth-order valence-electron chi connectivity index (χ4n) is 3.49. The van der Waals surface area contributed by atoms with Gasteiger partial charge in [0.05, 0.1) is 22.8 Å². The molecule has 2 amide bonds. The van der Waals surface area contributed by atoms with E-state index in [0.717, 1.165) is 29.2 Å². The standard InChI is InChI=1S/C19H26N4O/c1-13-9-7-8-12-17(13)20-19(24)21-18-14(2)22-23(15(18)3)16-10-5-4-6-11-16/h4-6,10-11,13,17H,7-9,12H2,1-3H3,(H2,20,21,24). The molecular weight excluding hydrogens is 300 g/mol. The predicted molar refractivity (Wildman–Crippen MR) is 96.6 cm³/mol. The van der Waals surface area contributed by atoms with Gasteiger partial charge in [-0.1, -0.05) is 38.0 Å². The van der Waals surface area contributed by atoms with Crippen LogP contribution in [-0.4, -0.2) is 21.9 Å². The number of carbonyl (C=O) groups is 1. The molecule has 0 spiro atoms. The van der Waals surface area contributed by atoms with Crippen molar-refractivity contribution in [1.82, 2.24) is 15.1 Å². The van der Waals surface area contributed by atoms with Gasteiger partial charge in [-0.2, -0.15) is 5.10 Å². The fraction of sp³-hybridized carbons (Fsp3) is 0.474. The summed E-state index contributed by atoms with van der Waals surface area (Å²) in [4.78, 5) is 12.4. The molecule has 2 unspecified atom stereocenters. The maximum Gasteiger partial charge on any atom is 0.319 e. The molecule has 0 radical (unpaired) electrons. The van der Waals surface area contributed by atoms with Crippen molar-refractivity contribution in [2.45, 2.75) is 52.5 Å². The largest absolute Gasteiger partial charge is 0.335 e. The summed E-state index contributed by atoms with van der Waals surface area (Å²) < 4.78 is 1.87. The first-order valence-corrected chi connectivity index (χ1v) is 8.75. The zero-order valence-electron chi connectivity index (χ0n) is 14.7. The third kappa shape index (κ3) is 3.45. The number of amides is 2. The average Bonchev–Trinajstić information content (AvgIpc) is 2.86. The van der Waals surface area contributed by atoms with Crippen molar-refractivity contribution in [1.29, 1.82) is 0 Å². The maximum atomic E-state index is 12.4. The quantitative estimate of drug-likeness (QED) is 0.888. The summed E-state index contributed by atoms with van der Waals surface area (Å²) in [5.74, 6) is 0.540. The van der Waals surface area contributed by atoms with Crippen molar-refractivity contribution in [3.05, 3.63) is 41.7 Å². The molecule has 1 heterocycles. The summed E-state index contributed by atoms with van der Waals surface area (Å²) in [5, 5.41) is 10.7. The Morgan fingerprint density at radius 2 is 1.88 bits per heavy atom. The van der Waals surface area contributed by atoms with E-state index < -0.39 is 0 Å². The van der Waals surface area contributed by atoms with Gasteiger partial charge >= 0.3 is 6.03 Å². The van der Waals surface area contributed by atoms with Crippen LogP contribution in [0.4, 0.5) is 10.5 Å². The van der Waals surface area contributed by atoms with Gasteiger partial charge in [-0.3, -0.25) is 0 Å². The minimum Gasteiger partial charge on any atom is -0.335 e. The number of para-hydroxylation sites is 1. The molecule has 1 aliphatic rings. The summed E-state index contributed by atoms with van der Waals surface area (Å²) >= 11 is 0. The van der Waals surface area contributed by atoms with Crippen LogP contribution in [0.15, 0.2) is 30.3 Å². The van der Waals surface area contributed by atoms with Gasteiger partial charge in [0.2, 0.25) is 0 Å². The van der Waals surface area contributed by atoms with E-state index in [1.54, 1.807) is 0 Å². The Balaban J connectivity index is 1.73. The summed E-state index contributed by atoms with van der Waals surface area (Å²) in [7, 11) is 0. The minimum atomic E-state index is -0.132. The normalized spacial score (nSPS) is 20.6. The van der Waals surface area contributed by atoms with Crippen LogP contribution in [0, 0.1) is 19.8 Å². The molecule has 1 saturated carbocycles. The van der Waals surface area contributed by atoms with Crippen LogP contribution < -0.4 is 10.6 Å². The molecule has 0 aliphatic heterocycles. The lowest BCUT2D eigenvalue weighted by molar-refractivity contribution is 0.232. The SMILES string of the molecule is Cc1nn(-c2ccccc2)c(C)c1NC(=O)NC1CCCCC1C. The molecule has 3 rings (SSSR count). The third-order valence-corrected chi connectivity index (χ3v) is 4.96. The molecule has 1 fully saturated rings. The number of hydrogen-bond acceptors (Lipinski definition) is 2. The Morgan fingerprint density at radius 3 is 2.58 bits per heavy atom. The zero-order valence-corrected chi connectivity index (χ0v) is 14.7. The van der Waals surface area contributed by atoms with Gasteiger partial charge in [-0.15, -0.1) is 0 Å². The minimum absolute atomic E-state index is 0.132. The van der Waals surface area contributed by atoms with Crippen LogP contribution >= 0.6 is 0 Å². The highest BCUT2D eigenvalue weighted by molar-refractivity contribution is 5.90. The van der Waals surface area contributed by atoms with Crippen LogP contribution in [-0.2, 0) is 0 Å². The molecule has 5 nitrogen and oxygen atoms in total. The van der Waals surface area contributed by atoms with Crippen LogP contribution in [0.25, 0.3) is 5.69 Å². The molecule has 1 aliphatic carbocycles. The molecule has 128 valence electrons. The average molecular weight is 326 g/mol. The second kappa shape index (κ2) is 7.07. The molecule has 5 heteroatoms. The second-order valence-corrected chi connectivity index (χ2v) is 6.76. The van der Waals surface area contributed by atoms with Crippen LogP contribution in [0.5, 0.6) is 0 Å². The molecule has 0 saturated heterocycles. The number of anilines is 1. The monoisotopic (exact) mass is 326 g/mol. The number of rotatable bonds is 3. The first-order valence-electron chi connectivity index (χ1n) is 8.75. The number of hydrogen-bond donors (Lipinski definition) is 2. The van der Waals surface area contributed by atoms with E-state index in [4.69, 9.17) is 0 Å². The number of aryl methyl sites for hydroxylation is 1. The summed E-state index contributed by atoms with van der Waals surface area (Å²) in [5.41, 5.74) is 3.54. The molecule has 2 N–H and O–H groups in total. The van der Waals surface area contributed by atoms with Crippen LogP contribution in [0.2, 0.25) is 0 Å². The van der Waals surface area contributed by atoms with Crippen molar-refractivity contribution in [3.8, 4) is 5.69 Å². The van der Waals surface area contributed by atoms with Gasteiger partial charge in [-0.25, -0.2) is 9.48 Å². The van der Waals surface area contributed by atoms with E-state index in [9.17, 15) is 4.79 Å². The molecule has 2 aromatic rings. The molecule has 1 aromatic heterocycles. The third-order valence-electron chi connectivity index (χ3n) is 4.96. The fourth-order valence-corrected chi connectivity index (χ4v) is 3.49. The smallest absolute Gasteiger partial charge is 0.319 e. The van der Waals surface area contributed by atoms with Crippen molar-refractivity contribution >= 4 is 11.7 Å². The van der Waals surface area contributed by atoms with E-state index >= 15 is 0 Å². The number of aromatic nitrogens is 2. The first kappa shape index (κ1) is 16.6. The van der Waals surface area contributed by atoms with Gasteiger partial charge < -0.3 is 10.6 Å². The summed E-state index contributed by atoms with van der Waals surface area (Å²) in [6.07, 6.45) is 4.72. The zero-order chi connectivity index (χ0) is 17.1. The van der Waals surface area contributed by atoms with E-state index in [1.807, 2.05) is 48.9 Å². The Morgan fingerprint density at radius 1 is 1.17 bits per heavy atom. The van der Waals surface area contributed by atoms with Gasteiger partial charge in [0.25, 0.3) is 0 Å². The highest BCUT2D eigenvalue weighted by Crippen LogP contribution is 2.25. The molecule has 1 aromatic carbocycles. The van der Waals surface area contributed by atoms with E-state index in [2.05, 4.69) is 22.7 Å². The van der Waals surface area contributed by atoms with E-state index in [0.29, 0.717) is 5.92 Å². The van der Waals surface area contributed by atoms with Crippen molar-refractivity contribution in [2.75, 3.05) is 5.32 Å². The first-order chi connectivity index (χ1) is 11.6. The number of benzene rings is 1. The topological polar surface area (TPSA) is 59.0 Å². The van der Waals surface area contributed by atoms with Crippen molar-refractivity contribution in [3.63, 3.8) is 0 Å². The number of carbonyl (C=O) groups excluding carboxylic acids is 1. The highest BCUT2D eigenvalue weighted by Gasteiger charge is 2.23. The highest BCUT2D eigenvalue weighted by atomic mass is 16.2. The Kier molecular flexibility index (Phi) is 4.88. The van der Waals surface area contributed by atoms with Gasteiger partial charge in [0.15, 0.2) is 0 Å². The number of nitrogens with zero attached hydrogens (tertiary/aromatic N) is 2. The van der Waals surface area contributed by atoms with Gasteiger partial charge in [0.1, 0.15) is 0 Å². The number of urea groups is 1. The summed E-state index contributed by atoms with van der Waals surface area (Å²) in [6.45, 7) is 6.12. The Bertz CT molecular complexity index is 708. The summed E-state index contributed by atoms with van der Waals surface area (Å²) in [6, 6.07) is 10.1. The number of nitrogens with one attached hydrogen (secondary N) is 2. The van der Waals surface area contributed by atoms with Crippen molar-refractivity contribution < 1.29 is 4.79 Å². The maximum absolute atomic E-state index is 12.4. The van der Waals surface area contributed by atoms with Crippen LogP contribution in [0.3, 0.4) is 0 Å². The van der Waals surface area contributed by atoms with E-state index in [-0.39, 0.29) is 12.1 Å². The lowest BCUT2D eigenvalue weighted by Crippen LogP contribution is -2.43. The van der Waals surface area contributed by atoms with Gasteiger partial charge in [0, 0.05) is 6.04 Å². The lowest BCUT2D eigenvalue weighted by Gasteiger charge is -2.29. The lowest BCUT2D eigenvalue weighted by atomic mass is 9.86. The Labute approximate surface area is 143 Å². The van der Waals surface area contributed by atoms with Gasteiger partial charge in [-0.05, 0) is 44.7 Å². The van der Waals surface area contributed by atoms with Crippen molar-refractivity contribution in [2.24, 2.45) is 5.92 Å². The van der Waals surface area contributed by atoms with Crippen LogP contribution in [0.1, 0.15) is 44.0 Å². The molecule has 24 heavy (non-hydrogen) atoms.